The molecule has 0 unspecified atom stereocenters. The fourth-order valence-corrected chi connectivity index (χ4v) is 1.45. The standard InChI is InChI=1S/C15H18O/c1-2-15(16)13-9-4-3-6-10-14-11-7-5-8-12-14/h2,5-8,10-12H,1,3-4,9,13H2. The molecule has 0 aliphatic rings. The molecule has 0 spiro atoms. The SMILES string of the molecule is C=CC(=O)CCCCC=Cc1ccccc1. The number of carbonyl (C=O) groups is 1. The Morgan fingerprint density at radius 1 is 1.19 bits per heavy atom. The van der Waals surface area contributed by atoms with Crippen molar-refractivity contribution in [3.8, 4) is 0 Å². The number of unbranched alkanes of at least 4 members (excludes halogenated alkanes) is 2. The molecule has 1 rings (SSSR count). The van der Waals surface area contributed by atoms with Crippen molar-refractivity contribution in [2.45, 2.75) is 25.7 Å². The molecule has 0 saturated carbocycles. The van der Waals surface area contributed by atoms with Crippen LogP contribution >= 0.6 is 0 Å². The zero-order valence-corrected chi connectivity index (χ0v) is 9.56. The molecule has 0 atom stereocenters. The highest BCUT2D eigenvalue weighted by Gasteiger charge is 1.93. The number of hydrogen-bond acceptors (Lipinski definition) is 1. The summed E-state index contributed by atoms with van der Waals surface area (Å²) in [5.41, 5.74) is 1.23. The number of carbonyl (C=O) groups excluding carboxylic acids is 1. The van der Waals surface area contributed by atoms with E-state index in [9.17, 15) is 4.79 Å². The van der Waals surface area contributed by atoms with Crippen LogP contribution in [0.5, 0.6) is 0 Å². The molecule has 1 aromatic rings. The largest absolute Gasteiger partial charge is 0.295 e. The summed E-state index contributed by atoms with van der Waals surface area (Å²) in [6.07, 6.45) is 9.34. The molecule has 0 bridgehead atoms. The van der Waals surface area contributed by atoms with Crippen LogP contribution in [0.1, 0.15) is 31.2 Å². The van der Waals surface area contributed by atoms with Gasteiger partial charge in [0.1, 0.15) is 0 Å². The van der Waals surface area contributed by atoms with E-state index >= 15 is 0 Å². The molecule has 0 heterocycles. The van der Waals surface area contributed by atoms with Crippen molar-refractivity contribution < 1.29 is 4.79 Å². The first-order valence-corrected chi connectivity index (χ1v) is 5.70. The average Bonchev–Trinajstić information content (AvgIpc) is 2.34. The van der Waals surface area contributed by atoms with Gasteiger partial charge in [0.05, 0.1) is 0 Å². The first-order chi connectivity index (χ1) is 7.83. The second-order valence-electron chi connectivity index (χ2n) is 3.73. The number of rotatable bonds is 7. The summed E-state index contributed by atoms with van der Waals surface area (Å²) in [4.78, 5) is 10.9. The number of allylic oxidation sites excluding steroid dienone is 2. The van der Waals surface area contributed by atoms with Crippen LogP contribution in [0.15, 0.2) is 49.1 Å². The van der Waals surface area contributed by atoms with Gasteiger partial charge < -0.3 is 0 Å². The first-order valence-electron chi connectivity index (χ1n) is 5.70. The maximum atomic E-state index is 10.9. The van der Waals surface area contributed by atoms with Crippen molar-refractivity contribution in [3.63, 3.8) is 0 Å². The van der Waals surface area contributed by atoms with Gasteiger partial charge in [-0.3, -0.25) is 4.79 Å². The molecule has 0 radical (unpaired) electrons. The highest BCUT2D eigenvalue weighted by Crippen LogP contribution is 2.05. The van der Waals surface area contributed by atoms with Crippen molar-refractivity contribution in [2.24, 2.45) is 0 Å². The summed E-state index contributed by atoms with van der Waals surface area (Å²) < 4.78 is 0. The Balaban J connectivity index is 2.14. The number of ketones is 1. The Kier molecular flexibility index (Phi) is 5.94. The summed E-state index contributed by atoms with van der Waals surface area (Å²) in [5.74, 6) is 0.145. The van der Waals surface area contributed by atoms with Crippen molar-refractivity contribution in [1.82, 2.24) is 0 Å². The molecule has 16 heavy (non-hydrogen) atoms. The lowest BCUT2D eigenvalue weighted by atomic mass is 10.1. The molecular formula is C15H18O. The molecule has 1 heteroatoms. The van der Waals surface area contributed by atoms with E-state index in [-0.39, 0.29) is 5.78 Å². The lowest BCUT2D eigenvalue weighted by Crippen LogP contribution is -1.90. The van der Waals surface area contributed by atoms with Crippen LogP contribution in [-0.4, -0.2) is 5.78 Å². The number of benzene rings is 1. The minimum Gasteiger partial charge on any atom is -0.295 e. The molecule has 0 fully saturated rings. The van der Waals surface area contributed by atoms with Gasteiger partial charge in [-0.25, -0.2) is 0 Å². The minimum atomic E-state index is 0.145. The van der Waals surface area contributed by atoms with E-state index in [1.807, 2.05) is 18.2 Å². The predicted molar refractivity (Wildman–Crippen MR) is 69.1 cm³/mol. The van der Waals surface area contributed by atoms with E-state index in [0.717, 1.165) is 19.3 Å². The van der Waals surface area contributed by atoms with Gasteiger partial charge >= 0.3 is 0 Å². The molecule has 0 N–H and O–H groups in total. The van der Waals surface area contributed by atoms with E-state index < -0.39 is 0 Å². The normalized spacial score (nSPS) is 10.5. The Bertz CT molecular complexity index is 349. The summed E-state index contributed by atoms with van der Waals surface area (Å²) in [6, 6.07) is 10.2. The minimum absolute atomic E-state index is 0.145. The van der Waals surface area contributed by atoms with E-state index in [1.165, 1.54) is 11.6 Å². The van der Waals surface area contributed by atoms with Gasteiger partial charge in [0.25, 0.3) is 0 Å². The van der Waals surface area contributed by atoms with E-state index in [1.54, 1.807) is 0 Å². The lowest BCUT2D eigenvalue weighted by Gasteiger charge is -1.95. The predicted octanol–water partition coefficient (Wildman–Crippen LogP) is 4.02. The fraction of sp³-hybridized carbons (Fsp3) is 0.267. The summed E-state index contributed by atoms with van der Waals surface area (Å²) in [5, 5.41) is 0. The van der Waals surface area contributed by atoms with E-state index in [0.29, 0.717) is 6.42 Å². The van der Waals surface area contributed by atoms with Gasteiger partial charge in [-0.05, 0) is 30.9 Å². The van der Waals surface area contributed by atoms with E-state index in [4.69, 9.17) is 0 Å². The van der Waals surface area contributed by atoms with Gasteiger partial charge in [0, 0.05) is 6.42 Å². The van der Waals surface area contributed by atoms with Gasteiger partial charge in [-0.2, -0.15) is 0 Å². The van der Waals surface area contributed by atoms with Crippen LogP contribution in [0.25, 0.3) is 6.08 Å². The third-order valence-corrected chi connectivity index (χ3v) is 2.38. The van der Waals surface area contributed by atoms with Crippen LogP contribution in [-0.2, 0) is 4.79 Å². The topological polar surface area (TPSA) is 17.1 Å². The van der Waals surface area contributed by atoms with E-state index in [2.05, 4.69) is 30.9 Å². The maximum Gasteiger partial charge on any atom is 0.155 e. The van der Waals surface area contributed by atoms with Crippen molar-refractivity contribution in [1.29, 1.82) is 0 Å². The van der Waals surface area contributed by atoms with Crippen molar-refractivity contribution >= 4 is 11.9 Å². The van der Waals surface area contributed by atoms with Gasteiger partial charge in [0.15, 0.2) is 5.78 Å². The average molecular weight is 214 g/mol. The smallest absolute Gasteiger partial charge is 0.155 e. The molecule has 0 saturated heterocycles. The Morgan fingerprint density at radius 3 is 2.62 bits per heavy atom. The Hall–Kier alpha value is -1.63. The van der Waals surface area contributed by atoms with Crippen LogP contribution in [0.2, 0.25) is 0 Å². The van der Waals surface area contributed by atoms with Gasteiger partial charge in [-0.15, -0.1) is 0 Å². The van der Waals surface area contributed by atoms with Crippen molar-refractivity contribution in [2.75, 3.05) is 0 Å². The third-order valence-electron chi connectivity index (χ3n) is 2.38. The summed E-state index contributed by atoms with van der Waals surface area (Å²) in [6.45, 7) is 3.45. The van der Waals surface area contributed by atoms with Crippen LogP contribution < -0.4 is 0 Å². The van der Waals surface area contributed by atoms with Crippen LogP contribution in [0, 0.1) is 0 Å². The maximum absolute atomic E-state index is 10.9. The third kappa shape index (κ3) is 5.30. The monoisotopic (exact) mass is 214 g/mol. The highest BCUT2D eigenvalue weighted by atomic mass is 16.1. The molecule has 1 aromatic carbocycles. The summed E-state index contributed by atoms with van der Waals surface area (Å²) >= 11 is 0. The highest BCUT2D eigenvalue weighted by molar-refractivity contribution is 5.88. The Labute approximate surface area is 97.5 Å². The zero-order chi connectivity index (χ0) is 11.6. The second kappa shape index (κ2) is 7.63. The molecule has 84 valence electrons. The quantitative estimate of drug-likeness (QED) is 0.495. The molecule has 0 aromatic heterocycles. The van der Waals surface area contributed by atoms with Gasteiger partial charge in [0.2, 0.25) is 0 Å². The molecule has 0 aliphatic heterocycles. The summed E-state index contributed by atoms with van der Waals surface area (Å²) in [7, 11) is 0. The van der Waals surface area contributed by atoms with Crippen LogP contribution in [0.4, 0.5) is 0 Å². The molecule has 0 aliphatic carbocycles. The number of hydrogen-bond donors (Lipinski definition) is 0. The van der Waals surface area contributed by atoms with Gasteiger partial charge in [-0.1, -0.05) is 49.1 Å². The Morgan fingerprint density at radius 2 is 1.94 bits per heavy atom. The fourth-order valence-electron chi connectivity index (χ4n) is 1.45. The van der Waals surface area contributed by atoms with Crippen LogP contribution in [0.3, 0.4) is 0 Å². The molecular weight excluding hydrogens is 196 g/mol. The zero-order valence-electron chi connectivity index (χ0n) is 9.56. The molecule has 0 amide bonds. The van der Waals surface area contributed by atoms with Crippen molar-refractivity contribution in [3.05, 3.63) is 54.6 Å². The first kappa shape index (κ1) is 12.4. The second-order valence-corrected chi connectivity index (χ2v) is 3.73. The molecule has 1 nitrogen and oxygen atoms in total. The lowest BCUT2D eigenvalue weighted by molar-refractivity contribution is -0.114.